The molecule has 1 heterocycles. The minimum Gasteiger partial charge on any atom is -0.475 e. The molecule has 23 heavy (non-hydrogen) atoms. The van der Waals surface area contributed by atoms with Crippen LogP contribution in [0, 0.1) is 0 Å². The van der Waals surface area contributed by atoms with Gasteiger partial charge in [-0.05, 0) is 24.3 Å². The lowest BCUT2D eigenvalue weighted by Crippen LogP contribution is -2.47. The summed E-state index contributed by atoms with van der Waals surface area (Å²) < 4.78 is 37.3. The van der Waals surface area contributed by atoms with Crippen LogP contribution >= 0.6 is 0 Å². The van der Waals surface area contributed by atoms with Gasteiger partial charge in [0.1, 0.15) is 5.75 Å². The Morgan fingerprint density at radius 3 is 2.48 bits per heavy atom. The van der Waals surface area contributed by atoms with Crippen LogP contribution in [0.25, 0.3) is 0 Å². The smallest absolute Gasteiger partial charge is 0.348 e. The van der Waals surface area contributed by atoms with Crippen LogP contribution in [0.3, 0.4) is 0 Å². The standard InChI is InChI=1S/C16H15NO5S/c1-21-16(18)15-11-17(13-9-5-6-10-14(13)22-15)23(19,20)12-7-3-2-4-8-12/h2-10,15H,11H2,1H3. The summed E-state index contributed by atoms with van der Waals surface area (Å²) >= 11 is 0. The first-order chi connectivity index (χ1) is 11.0. The molecule has 1 unspecified atom stereocenters. The third-order valence-electron chi connectivity index (χ3n) is 3.53. The van der Waals surface area contributed by atoms with Gasteiger partial charge in [0.2, 0.25) is 6.10 Å². The minimum absolute atomic E-state index is 0.138. The summed E-state index contributed by atoms with van der Waals surface area (Å²) in [5.41, 5.74) is 0.400. The van der Waals surface area contributed by atoms with Crippen molar-refractivity contribution in [3.8, 4) is 5.75 Å². The molecule has 0 radical (unpaired) electrons. The number of ether oxygens (including phenoxy) is 2. The van der Waals surface area contributed by atoms with E-state index >= 15 is 0 Å². The lowest BCUT2D eigenvalue weighted by atomic mass is 10.2. The Kier molecular flexibility index (Phi) is 3.96. The van der Waals surface area contributed by atoms with Crippen molar-refractivity contribution in [2.24, 2.45) is 0 Å². The molecule has 0 aliphatic carbocycles. The SMILES string of the molecule is COC(=O)C1CN(S(=O)(=O)c2ccccc2)c2ccccc2O1. The van der Waals surface area contributed by atoms with Gasteiger partial charge >= 0.3 is 5.97 Å². The Balaban J connectivity index is 2.08. The van der Waals surface area contributed by atoms with Crippen LogP contribution in [0.15, 0.2) is 59.5 Å². The van der Waals surface area contributed by atoms with Gasteiger partial charge in [-0.25, -0.2) is 13.2 Å². The highest BCUT2D eigenvalue weighted by Crippen LogP contribution is 2.36. The second kappa shape index (κ2) is 5.92. The van der Waals surface area contributed by atoms with Crippen LogP contribution in [0.2, 0.25) is 0 Å². The number of hydrogen-bond donors (Lipinski definition) is 0. The molecule has 3 rings (SSSR count). The molecular weight excluding hydrogens is 318 g/mol. The van der Waals surface area contributed by atoms with Gasteiger partial charge in [0, 0.05) is 0 Å². The number of hydrogen-bond acceptors (Lipinski definition) is 5. The van der Waals surface area contributed by atoms with Crippen molar-refractivity contribution in [1.29, 1.82) is 0 Å². The molecule has 6 nitrogen and oxygen atoms in total. The molecule has 0 bridgehead atoms. The molecule has 1 atom stereocenters. The highest BCUT2D eigenvalue weighted by atomic mass is 32.2. The molecule has 2 aromatic carbocycles. The molecule has 0 spiro atoms. The van der Waals surface area contributed by atoms with Crippen LogP contribution in [0.4, 0.5) is 5.69 Å². The van der Waals surface area contributed by atoms with E-state index in [1.807, 2.05) is 0 Å². The topological polar surface area (TPSA) is 72.9 Å². The molecule has 0 saturated carbocycles. The van der Waals surface area contributed by atoms with E-state index in [4.69, 9.17) is 4.74 Å². The maximum atomic E-state index is 12.9. The molecule has 1 aliphatic rings. The fourth-order valence-corrected chi connectivity index (χ4v) is 3.90. The highest BCUT2D eigenvalue weighted by Gasteiger charge is 2.37. The number of carbonyl (C=O) groups is 1. The van der Waals surface area contributed by atoms with E-state index in [9.17, 15) is 13.2 Å². The summed E-state index contributed by atoms with van der Waals surface area (Å²) in [6, 6.07) is 14.8. The van der Waals surface area contributed by atoms with Crippen molar-refractivity contribution in [1.82, 2.24) is 0 Å². The van der Waals surface area contributed by atoms with Crippen LogP contribution in [-0.4, -0.2) is 34.1 Å². The number of fused-ring (bicyclic) bond motifs is 1. The van der Waals surface area contributed by atoms with Crippen molar-refractivity contribution in [2.45, 2.75) is 11.0 Å². The summed E-state index contributed by atoms with van der Waals surface area (Å²) in [7, 11) is -2.57. The first kappa shape index (κ1) is 15.4. The van der Waals surface area contributed by atoms with Crippen molar-refractivity contribution >= 4 is 21.7 Å². The van der Waals surface area contributed by atoms with E-state index in [-0.39, 0.29) is 11.4 Å². The van der Waals surface area contributed by atoms with Gasteiger partial charge < -0.3 is 9.47 Å². The Morgan fingerprint density at radius 2 is 1.78 bits per heavy atom. The van der Waals surface area contributed by atoms with Crippen LogP contribution in [0.1, 0.15) is 0 Å². The minimum atomic E-state index is -3.80. The Hall–Kier alpha value is -2.54. The van der Waals surface area contributed by atoms with E-state index in [0.29, 0.717) is 11.4 Å². The molecule has 7 heteroatoms. The zero-order valence-corrected chi connectivity index (χ0v) is 13.2. The van der Waals surface area contributed by atoms with Gasteiger partial charge in [0.25, 0.3) is 10.0 Å². The quantitative estimate of drug-likeness (QED) is 0.801. The molecular formula is C16H15NO5S. The van der Waals surface area contributed by atoms with Crippen LogP contribution in [0.5, 0.6) is 5.75 Å². The van der Waals surface area contributed by atoms with Crippen LogP contribution in [-0.2, 0) is 19.6 Å². The number of benzene rings is 2. The third kappa shape index (κ3) is 2.75. The largest absolute Gasteiger partial charge is 0.475 e. The number of anilines is 1. The monoisotopic (exact) mass is 333 g/mol. The Labute approximate surface area is 134 Å². The number of carbonyl (C=O) groups excluding carboxylic acids is 1. The molecule has 0 aromatic heterocycles. The second-order valence-electron chi connectivity index (χ2n) is 4.95. The van der Waals surface area contributed by atoms with Crippen LogP contribution < -0.4 is 9.04 Å². The fourth-order valence-electron chi connectivity index (χ4n) is 2.40. The first-order valence-electron chi connectivity index (χ1n) is 6.95. The van der Waals surface area contributed by atoms with Gasteiger partial charge in [0.05, 0.1) is 24.2 Å². The van der Waals surface area contributed by atoms with Crippen molar-refractivity contribution in [2.75, 3.05) is 18.0 Å². The second-order valence-corrected chi connectivity index (χ2v) is 6.81. The number of methoxy groups -OCH3 is 1. The van der Waals surface area contributed by atoms with Gasteiger partial charge in [-0.1, -0.05) is 30.3 Å². The maximum Gasteiger partial charge on any atom is 0.348 e. The summed E-state index contributed by atoms with van der Waals surface area (Å²) in [5.74, 6) is -0.290. The lowest BCUT2D eigenvalue weighted by molar-refractivity contribution is -0.148. The van der Waals surface area contributed by atoms with Gasteiger partial charge in [-0.3, -0.25) is 4.31 Å². The Morgan fingerprint density at radius 1 is 1.13 bits per heavy atom. The number of nitrogens with zero attached hydrogens (tertiary/aromatic N) is 1. The molecule has 2 aromatic rings. The van der Waals surface area contributed by atoms with Gasteiger partial charge in [-0.2, -0.15) is 0 Å². The molecule has 1 aliphatic heterocycles. The summed E-state index contributed by atoms with van der Waals surface area (Å²) in [6.07, 6.45) is -1.01. The summed E-state index contributed by atoms with van der Waals surface area (Å²) in [5, 5.41) is 0. The molecule has 0 saturated heterocycles. The predicted molar refractivity (Wildman–Crippen MR) is 83.8 cm³/mol. The zero-order chi connectivity index (χ0) is 16.4. The number of esters is 1. The van der Waals surface area contributed by atoms with E-state index in [2.05, 4.69) is 4.74 Å². The number of rotatable bonds is 3. The first-order valence-corrected chi connectivity index (χ1v) is 8.39. The number of sulfonamides is 1. The maximum absolute atomic E-state index is 12.9. The van der Waals surface area contributed by atoms with E-state index in [1.165, 1.54) is 23.5 Å². The molecule has 0 amide bonds. The van der Waals surface area contributed by atoms with E-state index in [0.717, 1.165) is 0 Å². The molecule has 0 N–H and O–H groups in total. The van der Waals surface area contributed by atoms with Gasteiger partial charge in [-0.15, -0.1) is 0 Å². The van der Waals surface area contributed by atoms with Crippen molar-refractivity contribution in [3.63, 3.8) is 0 Å². The van der Waals surface area contributed by atoms with E-state index < -0.39 is 22.1 Å². The average molecular weight is 333 g/mol. The average Bonchev–Trinajstić information content (AvgIpc) is 2.60. The summed E-state index contributed by atoms with van der Waals surface area (Å²) in [6.45, 7) is -0.138. The highest BCUT2D eigenvalue weighted by molar-refractivity contribution is 7.92. The summed E-state index contributed by atoms with van der Waals surface area (Å²) in [4.78, 5) is 12.0. The predicted octanol–water partition coefficient (Wildman–Crippen LogP) is 1.82. The number of para-hydroxylation sites is 2. The fraction of sp³-hybridized carbons (Fsp3) is 0.188. The molecule has 120 valence electrons. The third-order valence-corrected chi connectivity index (χ3v) is 5.32. The Bertz CT molecular complexity index is 819. The zero-order valence-electron chi connectivity index (χ0n) is 12.4. The van der Waals surface area contributed by atoms with Gasteiger partial charge in [0.15, 0.2) is 0 Å². The van der Waals surface area contributed by atoms with Crippen molar-refractivity contribution in [3.05, 3.63) is 54.6 Å². The van der Waals surface area contributed by atoms with E-state index in [1.54, 1.807) is 42.5 Å². The lowest BCUT2D eigenvalue weighted by Gasteiger charge is -2.34. The normalized spacial score (nSPS) is 17.1. The van der Waals surface area contributed by atoms with Crippen molar-refractivity contribution < 1.29 is 22.7 Å². The molecule has 0 fully saturated rings.